The third kappa shape index (κ3) is 4.56. The topological polar surface area (TPSA) is 57.6 Å². The first kappa shape index (κ1) is 18.0. The molecule has 1 fully saturated rings. The minimum atomic E-state index is -1.01. The van der Waals surface area contributed by atoms with Crippen LogP contribution >= 0.6 is 11.3 Å². The molecule has 5 heteroatoms. The molecule has 0 aliphatic heterocycles. The molecule has 23 heavy (non-hydrogen) atoms. The summed E-state index contributed by atoms with van der Waals surface area (Å²) in [5.41, 5.74) is -0.599. The Morgan fingerprint density at radius 2 is 1.96 bits per heavy atom. The van der Waals surface area contributed by atoms with Crippen molar-refractivity contribution in [3.63, 3.8) is 0 Å². The van der Waals surface area contributed by atoms with Crippen LogP contribution in [-0.4, -0.2) is 33.5 Å². The number of carbonyl (C=O) groups is 2. The summed E-state index contributed by atoms with van der Waals surface area (Å²) in [6.07, 6.45) is 5.46. The van der Waals surface area contributed by atoms with Gasteiger partial charge in [-0.05, 0) is 44.6 Å². The summed E-state index contributed by atoms with van der Waals surface area (Å²) in [4.78, 5) is 26.9. The zero-order valence-electron chi connectivity index (χ0n) is 14.2. The molecule has 1 aromatic heterocycles. The highest BCUT2D eigenvalue weighted by Gasteiger charge is 2.39. The lowest BCUT2D eigenvalue weighted by molar-refractivity contribution is 0.0478. The number of hydrogen-bond donors (Lipinski definition) is 1. The van der Waals surface area contributed by atoms with Crippen molar-refractivity contribution in [3.05, 3.63) is 22.4 Å². The molecule has 0 aromatic carbocycles. The average Bonchev–Trinajstić information content (AvgIpc) is 2.99. The van der Waals surface area contributed by atoms with Gasteiger partial charge in [0.25, 0.3) is 0 Å². The Hall–Kier alpha value is -1.36. The minimum absolute atomic E-state index is 0.0529. The predicted molar refractivity (Wildman–Crippen MR) is 93.2 cm³/mol. The molecule has 0 radical (unpaired) electrons. The molecule has 1 aliphatic rings. The highest BCUT2D eigenvalue weighted by Crippen LogP contribution is 2.32. The summed E-state index contributed by atoms with van der Waals surface area (Å²) in [6, 6.07) is 3.05. The van der Waals surface area contributed by atoms with Crippen LogP contribution in [0.1, 0.15) is 69.0 Å². The van der Waals surface area contributed by atoms with E-state index in [1.54, 1.807) is 6.07 Å². The number of thiophene rings is 1. The fraction of sp³-hybridized carbons (Fsp3) is 0.667. The van der Waals surface area contributed by atoms with Crippen molar-refractivity contribution in [2.75, 3.05) is 0 Å². The lowest BCUT2D eigenvalue weighted by atomic mass is 9.82. The normalized spacial score (nSPS) is 17.7. The Morgan fingerprint density at radius 1 is 1.30 bits per heavy atom. The first-order valence-electron chi connectivity index (χ1n) is 8.40. The molecule has 1 amide bonds. The predicted octanol–water partition coefficient (Wildman–Crippen LogP) is 5.05. The minimum Gasteiger partial charge on any atom is -0.465 e. The third-order valence-corrected chi connectivity index (χ3v) is 5.47. The van der Waals surface area contributed by atoms with Crippen LogP contribution in [0.15, 0.2) is 17.5 Å². The Labute approximate surface area is 142 Å². The van der Waals surface area contributed by atoms with Crippen molar-refractivity contribution >= 4 is 23.2 Å². The van der Waals surface area contributed by atoms with Crippen LogP contribution in [-0.2, 0) is 0 Å². The second-order valence-corrected chi connectivity index (χ2v) is 8.37. The van der Waals surface area contributed by atoms with Gasteiger partial charge in [-0.25, -0.2) is 4.79 Å². The van der Waals surface area contributed by atoms with Gasteiger partial charge in [-0.2, -0.15) is 0 Å². The molecule has 2 rings (SSSR count). The lowest BCUT2D eigenvalue weighted by Gasteiger charge is -2.40. The Kier molecular flexibility index (Phi) is 5.84. The highest BCUT2D eigenvalue weighted by atomic mass is 32.1. The number of ketones is 1. The van der Waals surface area contributed by atoms with Crippen molar-refractivity contribution in [3.8, 4) is 0 Å². The molecular weight excluding hydrogens is 310 g/mol. The van der Waals surface area contributed by atoms with Gasteiger partial charge in [-0.3, -0.25) is 9.69 Å². The number of Topliss-reactive ketones (excluding diaryl/α,β-unsaturated/α-hetero) is 1. The molecule has 1 atom stereocenters. The molecule has 0 bridgehead atoms. The number of amides is 1. The molecule has 1 saturated carbocycles. The van der Waals surface area contributed by atoms with Crippen molar-refractivity contribution in [1.82, 2.24) is 4.90 Å². The van der Waals surface area contributed by atoms with Gasteiger partial charge in [0.05, 0.1) is 4.88 Å². The van der Waals surface area contributed by atoms with E-state index in [-0.39, 0.29) is 5.78 Å². The van der Waals surface area contributed by atoms with E-state index in [2.05, 4.69) is 0 Å². The molecule has 1 aliphatic carbocycles. The zero-order chi connectivity index (χ0) is 17.0. The molecule has 1 unspecified atom stereocenters. The maximum atomic E-state index is 13.0. The first-order chi connectivity index (χ1) is 10.8. The number of hydrogen-bond acceptors (Lipinski definition) is 3. The summed E-state index contributed by atoms with van der Waals surface area (Å²) >= 11 is 1.39. The van der Waals surface area contributed by atoms with E-state index in [4.69, 9.17) is 0 Å². The van der Waals surface area contributed by atoms with Crippen LogP contribution in [0.5, 0.6) is 0 Å². The maximum Gasteiger partial charge on any atom is 0.408 e. The first-order valence-corrected chi connectivity index (χ1v) is 9.28. The van der Waals surface area contributed by atoms with Crippen LogP contribution in [0, 0.1) is 5.92 Å². The van der Waals surface area contributed by atoms with Gasteiger partial charge in [0.1, 0.15) is 6.04 Å². The van der Waals surface area contributed by atoms with Gasteiger partial charge in [0.15, 0.2) is 5.78 Å². The monoisotopic (exact) mass is 337 g/mol. The van der Waals surface area contributed by atoms with E-state index in [1.807, 2.05) is 32.2 Å². The molecule has 128 valence electrons. The zero-order valence-corrected chi connectivity index (χ0v) is 15.1. The van der Waals surface area contributed by atoms with Gasteiger partial charge in [-0.15, -0.1) is 11.3 Å². The van der Waals surface area contributed by atoms with E-state index in [0.29, 0.717) is 17.2 Å². The molecule has 1 N–H and O–H groups in total. The van der Waals surface area contributed by atoms with Crippen molar-refractivity contribution in [1.29, 1.82) is 0 Å². The number of carboxylic acid groups (broad SMARTS) is 1. The van der Waals surface area contributed by atoms with Crippen LogP contribution in [0.3, 0.4) is 0 Å². The van der Waals surface area contributed by atoms with Crippen LogP contribution in [0.4, 0.5) is 4.79 Å². The van der Waals surface area contributed by atoms with E-state index < -0.39 is 17.7 Å². The smallest absolute Gasteiger partial charge is 0.408 e. The summed E-state index contributed by atoms with van der Waals surface area (Å²) in [7, 11) is 0. The summed E-state index contributed by atoms with van der Waals surface area (Å²) < 4.78 is 0. The summed E-state index contributed by atoms with van der Waals surface area (Å²) in [5, 5.41) is 11.6. The number of rotatable bonds is 5. The second-order valence-electron chi connectivity index (χ2n) is 7.42. The Bertz CT molecular complexity index is 527. The molecule has 4 nitrogen and oxygen atoms in total. The van der Waals surface area contributed by atoms with Gasteiger partial charge in [-0.1, -0.05) is 38.2 Å². The third-order valence-electron chi connectivity index (χ3n) is 4.59. The number of nitrogens with zero attached hydrogens (tertiary/aromatic N) is 1. The van der Waals surface area contributed by atoms with Crippen molar-refractivity contribution in [2.45, 2.75) is 70.9 Å². The quantitative estimate of drug-likeness (QED) is 0.765. The van der Waals surface area contributed by atoms with Gasteiger partial charge in [0.2, 0.25) is 0 Å². The molecule has 1 aromatic rings. The summed E-state index contributed by atoms with van der Waals surface area (Å²) in [6.45, 7) is 5.57. The van der Waals surface area contributed by atoms with E-state index in [0.717, 1.165) is 12.8 Å². The molecule has 0 spiro atoms. The second kappa shape index (κ2) is 7.47. The van der Waals surface area contributed by atoms with Crippen molar-refractivity contribution < 1.29 is 14.7 Å². The fourth-order valence-electron chi connectivity index (χ4n) is 3.54. The van der Waals surface area contributed by atoms with Gasteiger partial charge >= 0.3 is 6.09 Å². The van der Waals surface area contributed by atoms with E-state index >= 15 is 0 Å². The molecule has 1 heterocycles. The molecular formula is C18H27NO3S. The highest BCUT2D eigenvalue weighted by molar-refractivity contribution is 7.12. The molecule has 0 saturated heterocycles. The van der Waals surface area contributed by atoms with Crippen LogP contribution in [0.25, 0.3) is 0 Å². The van der Waals surface area contributed by atoms with Gasteiger partial charge in [0, 0.05) is 5.54 Å². The Morgan fingerprint density at radius 3 is 2.43 bits per heavy atom. The van der Waals surface area contributed by atoms with Crippen molar-refractivity contribution in [2.24, 2.45) is 5.92 Å². The van der Waals surface area contributed by atoms with Gasteiger partial charge < -0.3 is 5.11 Å². The van der Waals surface area contributed by atoms with Crippen LogP contribution < -0.4 is 0 Å². The fourth-order valence-corrected chi connectivity index (χ4v) is 4.25. The number of carbonyl (C=O) groups excluding carboxylic acids is 1. The Balaban J connectivity index is 2.29. The standard InChI is InChI=1S/C18H27NO3S/c1-18(2,3)19(17(21)22)14(12-13-8-5-4-6-9-13)16(20)15-10-7-11-23-15/h7,10-11,13-14H,4-6,8-9,12H2,1-3H3,(H,21,22). The van der Waals surface area contributed by atoms with Crippen LogP contribution in [0.2, 0.25) is 0 Å². The summed E-state index contributed by atoms with van der Waals surface area (Å²) in [5.74, 6) is 0.393. The SMILES string of the molecule is CC(C)(C)N(C(=O)O)C(CC1CCCCC1)C(=O)c1cccs1. The largest absolute Gasteiger partial charge is 0.465 e. The van der Waals surface area contributed by atoms with E-state index in [1.165, 1.54) is 35.5 Å². The lowest BCUT2D eigenvalue weighted by Crippen LogP contribution is -2.54. The maximum absolute atomic E-state index is 13.0. The van der Waals surface area contributed by atoms with E-state index in [9.17, 15) is 14.7 Å². The average molecular weight is 337 g/mol.